The summed E-state index contributed by atoms with van der Waals surface area (Å²) in [6.45, 7) is 2.58. The molecule has 3 aromatic rings. The zero-order chi connectivity index (χ0) is 21.8. The van der Waals surface area contributed by atoms with E-state index in [0.29, 0.717) is 29.8 Å². The van der Waals surface area contributed by atoms with Crippen LogP contribution in [0.4, 0.5) is 4.39 Å². The predicted octanol–water partition coefficient (Wildman–Crippen LogP) is 4.40. The molecule has 31 heavy (non-hydrogen) atoms. The van der Waals surface area contributed by atoms with Crippen molar-refractivity contribution in [2.45, 2.75) is 25.9 Å². The summed E-state index contributed by atoms with van der Waals surface area (Å²) in [6, 6.07) is 13.7. The molecule has 0 unspecified atom stereocenters. The van der Waals surface area contributed by atoms with E-state index in [1.165, 1.54) is 12.1 Å². The summed E-state index contributed by atoms with van der Waals surface area (Å²) >= 11 is 5.92. The summed E-state index contributed by atoms with van der Waals surface area (Å²) in [5.74, 6) is 0.598. The van der Waals surface area contributed by atoms with E-state index in [-0.39, 0.29) is 24.2 Å². The lowest BCUT2D eigenvalue weighted by Crippen LogP contribution is -2.43. The van der Waals surface area contributed by atoms with Gasteiger partial charge in [0.25, 0.3) is 0 Å². The summed E-state index contributed by atoms with van der Waals surface area (Å²) in [7, 11) is 1.76. The molecule has 1 fully saturated rings. The fraction of sp³-hybridized carbons (Fsp3) is 0.348. The number of nitrogens with zero attached hydrogens (tertiary/aromatic N) is 4. The first-order valence-corrected chi connectivity index (χ1v) is 10.7. The molecule has 8 heteroatoms. The third kappa shape index (κ3) is 5.48. The van der Waals surface area contributed by atoms with Crippen LogP contribution in [0.1, 0.15) is 24.3 Å². The predicted molar refractivity (Wildman–Crippen MR) is 116 cm³/mol. The minimum absolute atomic E-state index is 0.0649. The maximum Gasteiger partial charge on any atom is 0.246 e. The maximum atomic E-state index is 13.1. The Morgan fingerprint density at radius 1 is 1.23 bits per heavy atom. The molecule has 162 valence electrons. The highest BCUT2D eigenvalue weighted by Gasteiger charge is 2.28. The Kier molecular flexibility index (Phi) is 6.63. The minimum Gasteiger partial charge on any atom is -0.337 e. The van der Waals surface area contributed by atoms with Crippen molar-refractivity contribution in [2.24, 2.45) is 5.92 Å². The van der Waals surface area contributed by atoms with Crippen molar-refractivity contribution < 1.29 is 13.7 Å². The quantitative estimate of drug-likeness (QED) is 0.566. The summed E-state index contributed by atoms with van der Waals surface area (Å²) in [5, 5.41) is 4.64. The Morgan fingerprint density at radius 2 is 1.97 bits per heavy atom. The van der Waals surface area contributed by atoms with Crippen molar-refractivity contribution in [1.29, 1.82) is 0 Å². The molecule has 0 spiro atoms. The lowest BCUT2D eigenvalue weighted by atomic mass is 9.96. The number of carbonyl (C=O) groups is 1. The number of likely N-dealkylation sites (tertiary alicyclic amines) is 1. The molecule has 1 aliphatic heterocycles. The van der Waals surface area contributed by atoms with Crippen molar-refractivity contribution in [2.75, 3.05) is 20.1 Å². The average molecular weight is 443 g/mol. The standard InChI is InChI=1S/C23H24ClFN4O2/c1-28(15-21-26-22(27-31-21)17-6-8-19(24)9-7-17)23(30)18-3-2-12-29(14-18)13-16-4-10-20(25)11-5-16/h4-11,18H,2-3,12-15H2,1H3/t18-/m0/s1. The second-order valence-electron chi connectivity index (χ2n) is 7.91. The number of piperidine rings is 1. The third-order valence-electron chi connectivity index (χ3n) is 5.49. The second-order valence-corrected chi connectivity index (χ2v) is 8.35. The molecule has 0 saturated carbocycles. The van der Waals surface area contributed by atoms with Crippen LogP contribution in [-0.2, 0) is 17.9 Å². The van der Waals surface area contributed by atoms with Crippen LogP contribution >= 0.6 is 11.6 Å². The van der Waals surface area contributed by atoms with Gasteiger partial charge in [-0.3, -0.25) is 9.69 Å². The molecule has 1 aromatic heterocycles. The van der Waals surface area contributed by atoms with Crippen LogP contribution in [0.25, 0.3) is 11.4 Å². The minimum atomic E-state index is -0.239. The Morgan fingerprint density at radius 3 is 2.71 bits per heavy atom. The van der Waals surface area contributed by atoms with E-state index in [1.807, 2.05) is 12.1 Å². The maximum absolute atomic E-state index is 13.1. The monoisotopic (exact) mass is 442 g/mol. The molecule has 2 heterocycles. The van der Waals surface area contributed by atoms with Gasteiger partial charge in [-0.05, 0) is 61.3 Å². The molecule has 6 nitrogen and oxygen atoms in total. The van der Waals surface area contributed by atoms with Gasteiger partial charge in [-0.2, -0.15) is 4.98 Å². The van der Waals surface area contributed by atoms with Crippen molar-refractivity contribution in [3.63, 3.8) is 0 Å². The number of hydrogen-bond donors (Lipinski definition) is 0. The van der Waals surface area contributed by atoms with Gasteiger partial charge >= 0.3 is 0 Å². The van der Waals surface area contributed by atoms with Crippen molar-refractivity contribution in [3.8, 4) is 11.4 Å². The van der Waals surface area contributed by atoms with E-state index < -0.39 is 0 Å². The fourth-order valence-corrected chi connectivity index (χ4v) is 4.00. The zero-order valence-corrected chi connectivity index (χ0v) is 18.1. The van der Waals surface area contributed by atoms with Gasteiger partial charge in [-0.1, -0.05) is 28.9 Å². The SMILES string of the molecule is CN(Cc1nc(-c2ccc(Cl)cc2)no1)C(=O)[C@H]1CCCN(Cc2ccc(F)cc2)C1. The van der Waals surface area contributed by atoms with Crippen LogP contribution in [0, 0.1) is 11.7 Å². The van der Waals surface area contributed by atoms with Gasteiger partial charge in [0.2, 0.25) is 17.6 Å². The molecule has 0 N–H and O–H groups in total. The highest BCUT2D eigenvalue weighted by Crippen LogP contribution is 2.22. The van der Waals surface area contributed by atoms with Crippen LogP contribution in [0.3, 0.4) is 0 Å². The molecule has 0 bridgehead atoms. The van der Waals surface area contributed by atoms with Gasteiger partial charge in [0.1, 0.15) is 5.82 Å². The van der Waals surface area contributed by atoms with Gasteiger partial charge in [0.05, 0.1) is 12.5 Å². The highest BCUT2D eigenvalue weighted by atomic mass is 35.5. The average Bonchev–Trinajstić information content (AvgIpc) is 3.24. The lowest BCUT2D eigenvalue weighted by Gasteiger charge is -2.33. The van der Waals surface area contributed by atoms with E-state index in [9.17, 15) is 9.18 Å². The molecule has 0 radical (unpaired) electrons. The first-order chi connectivity index (χ1) is 15.0. The number of rotatable bonds is 6. The van der Waals surface area contributed by atoms with Crippen LogP contribution in [-0.4, -0.2) is 46.0 Å². The van der Waals surface area contributed by atoms with Crippen LogP contribution in [0.5, 0.6) is 0 Å². The number of halogens is 2. The summed E-state index contributed by atoms with van der Waals surface area (Å²) in [4.78, 5) is 21.3. The Labute approximate surface area is 185 Å². The first kappa shape index (κ1) is 21.5. The topological polar surface area (TPSA) is 62.5 Å². The Balaban J connectivity index is 1.34. The molecule has 1 atom stereocenters. The van der Waals surface area contributed by atoms with E-state index >= 15 is 0 Å². The van der Waals surface area contributed by atoms with Crippen molar-refractivity contribution in [3.05, 3.63) is 70.8 Å². The number of carbonyl (C=O) groups excluding carboxylic acids is 1. The Hall–Kier alpha value is -2.77. The van der Waals surface area contributed by atoms with E-state index in [1.54, 1.807) is 36.2 Å². The molecule has 0 aliphatic carbocycles. The number of amides is 1. The van der Waals surface area contributed by atoms with Crippen molar-refractivity contribution in [1.82, 2.24) is 19.9 Å². The van der Waals surface area contributed by atoms with Crippen LogP contribution in [0.2, 0.25) is 5.02 Å². The van der Waals surface area contributed by atoms with Gasteiger partial charge in [0.15, 0.2) is 0 Å². The summed E-state index contributed by atoms with van der Waals surface area (Å²) in [6.07, 6.45) is 1.80. The molecule has 1 aliphatic rings. The fourth-order valence-electron chi connectivity index (χ4n) is 3.88. The highest BCUT2D eigenvalue weighted by molar-refractivity contribution is 6.30. The van der Waals surface area contributed by atoms with Crippen LogP contribution < -0.4 is 0 Å². The lowest BCUT2D eigenvalue weighted by molar-refractivity contribution is -0.137. The Bertz CT molecular complexity index is 1020. The molecule has 1 amide bonds. The van der Waals surface area contributed by atoms with E-state index in [4.69, 9.17) is 16.1 Å². The van der Waals surface area contributed by atoms with Gasteiger partial charge < -0.3 is 9.42 Å². The molecule has 2 aromatic carbocycles. The van der Waals surface area contributed by atoms with E-state index in [2.05, 4.69) is 15.0 Å². The molecular formula is C23H24ClFN4O2. The zero-order valence-electron chi connectivity index (χ0n) is 17.3. The third-order valence-corrected chi connectivity index (χ3v) is 5.75. The molecular weight excluding hydrogens is 419 g/mol. The number of benzene rings is 2. The van der Waals surface area contributed by atoms with E-state index in [0.717, 1.165) is 30.5 Å². The first-order valence-electron chi connectivity index (χ1n) is 10.3. The summed E-state index contributed by atoms with van der Waals surface area (Å²) < 4.78 is 18.5. The molecule has 1 saturated heterocycles. The number of aromatic nitrogens is 2. The normalized spacial score (nSPS) is 16.9. The molecule has 4 rings (SSSR count). The van der Waals surface area contributed by atoms with Gasteiger partial charge in [-0.25, -0.2) is 4.39 Å². The second kappa shape index (κ2) is 9.58. The largest absolute Gasteiger partial charge is 0.337 e. The number of hydrogen-bond acceptors (Lipinski definition) is 5. The van der Waals surface area contributed by atoms with Gasteiger partial charge in [-0.15, -0.1) is 0 Å². The summed E-state index contributed by atoms with van der Waals surface area (Å²) in [5.41, 5.74) is 1.85. The van der Waals surface area contributed by atoms with Crippen LogP contribution in [0.15, 0.2) is 53.1 Å². The smallest absolute Gasteiger partial charge is 0.246 e. The van der Waals surface area contributed by atoms with Crippen molar-refractivity contribution >= 4 is 17.5 Å². The van der Waals surface area contributed by atoms with Gasteiger partial charge in [0, 0.05) is 30.7 Å².